The smallest absolute Gasteiger partial charge is 0.308 e. The molecule has 0 aromatic heterocycles. The quantitative estimate of drug-likeness (QED) is 0.763. The lowest BCUT2D eigenvalue weighted by molar-refractivity contribution is -0.145. The van der Waals surface area contributed by atoms with E-state index in [0.717, 1.165) is 19.5 Å². The van der Waals surface area contributed by atoms with Gasteiger partial charge in [0.25, 0.3) is 0 Å². The molecule has 1 fully saturated rings. The van der Waals surface area contributed by atoms with Crippen LogP contribution in [-0.2, 0) is 9.53 Å². The van der Waals surface area contributed by atoms with E-state index in [2.05, 4.69) is 18.7 Å². The Morgan fingerprint density at radius 3 is 2.78 bits per heavy atom. The maximum absolute atomic E-state index is 11.3. The van der Waals surface area contributed by atoms with E-state index in [1.165, 1.54) is 12.8 Å². The molecule has 0 bridgehead atoms. The van der Waals surface area contributed by atoms with Gasteiger partial charge in [-0.3, -0.25) is 4.79 Å². The fourth-order valence-corrected chi connectivity index (χ4v) is 2.44. The van der Waals surface area contributed by atoms with Gasteiger partial charge in [-0.15, -0.1) is 0 Å². The Bertz CT molecular complexity index is 266. The summed E-state index contributed by atoms with van der Waals surface area (Å²) in [7, 11) is 0. The van der Waals surface area contributed by atoms with Crippen molar-refractivity contribution in [1.82, 2.24) is 4.90 Å². The summed E-state index contributed by atoms with van der Waals surface area (Å²) in [6.45, 7) is 9.35. The second-order valence-corrected chi connectivity index (χ2v) is 5.98. The number of ether oxygens (including phenoxy) is 1. The van der Waals surface area contributed by atoms with Gasteiger partial charge in [0, 0.05) is 6.54 Å². The zero-order valence-corrected chi connectivity index (χ0v) is 11.9. The molecule has 0 amide bonds. The van der Waals surface area contributed by atoms with Gasteiger partial charge in [-0.25, -0.2) is 0 Å². The van der Waals surface area contributed by atoms with Crippen molar-refractivity contribution in [3.05, 3.63) is 0 Å². The van der Waals surface area contributed by atoms with Crippen LogP contribution < -0.4 is 0 Å². The van der Waals surface area contributed by atoms with Crippen molar-refractivity contribution in [2.24, 2.45) is 5.41 Å². The van der Waals surface area contributed by atoms with Crippen molar-refractivity contribution >= 4 is 5.97 Å². The highest BCUT2D eigenvalue weighted by Gasteiger charge is 2.24. The first-order chi connectivity index (χ1) is 8.43. The topological polar surface area (TPSA) is 49.8 Å². The third-order valence-electron chi connectivity index (χ3n) is 3.61. The first-order valence-electron chi connectivity index (χ1n) is 6.99. The first-order valence-corrected chi connectivity index (χ1v) is 6.99. The molecule has 0 saturated carbocycles. The molecule has 4 nitrogen and oxygen atoms in total. The van der Waals surface area contributed by atoms with Crippen LogP contribution in [0.1, 0.15) is 46.5 Å². The van der Waals surface area contributed by atoms with Gasteiger partial charge in [-0.1, -0.05) is 13.8 Å². The molecule has 0 spiro atoms. The molecule has 18 heavy (non-hydrogen) atoms. The predicted octanol–water partition coefficient (Wildman–Crippen LogP) is 1.81. The third kappa shape index (κ3) is 5.83. The Morgan fingerprint density at radius 1 is 1.39 bits per heavy atom. The van der Waals surface area contributed by atoms with Crippen LogP contribution in [0.2, 0.25) is 0 Å². The molecule has 0 aromatic carbocycles. The van der Waals surface area contributed by atoms with Gasteiger partial charge in [-0.2, -0.15) is 0 Å². The van der Waals surface area contributed by atoms with Crippen LogP contribution in [0.15, 0.2) is 0 Å². The van der Waals surface area contributed by atoms with Crippen LogP contribution in [0, 0.1) is 5.41 Å². The number of β-amino-alcohol motifs (C(OH)–C–C–N with tert-alkyl or cyclic N) is 1. The molecular formula is C14H27NO3. The standard InChI is InChI=1S/C14H27NO3/c1-4-18-13(17)10-12(16)11-15-8-5-6-14(2,3)7-9-15/h12,16H,4-11H2,1-3H3. The summed E-state index contributed by atoms with van der Waals surface area (Å²) < 4.78 is 4.84. The van der Waals surface area contributed by atoms with Crippen molar-refractivity contribution in [2.45, 2.75) is 52.6 Å². The van der Waals surface area contributed by atoms with Crippen molar-refractivity contribution in [3.8, 4) is 0 Å². The Morgan fingerprint density at radius 2 is 2.11 bits per heavy atom. The monoisotopic (exact) mass is 257 g/mol. The minimum atomic E-state index is -0.606. The molecule has 106 valence electrons. The molecular weight excluding hydrogens is 230 g/mol. The van der Waals surface area contributed by atoms with Gasteiger partial charge in [0.1, 0.15) is 0 Å². The van der Waals surface area contributed by atoms with Crippen molar-refractivity contribution in [3.63, 3.8) is 0 Å². The Kier molecular flexibility index (Phi) is 6.09. The van der Waals surface area contributed by atoms with Crippen LogP contribution in [-0.4, -0.2) is 48.3 Å². The van der Waals surface area contributed by atoms with Gasteiger partial charge < -0.3 is 14.7 Å². The number of carbonyl (C=O) groups is 1. The van der Waals surface area contributed by atoms with E-state index >= 15 is 0 Å². The average molecular weight is 257 g/mol. The highest BCUT2D eigenvalue weighted by Crippen LogP contribution is 2.29. The lowest BCUT2D eigenvalue weighted by atomic mass is 9.85. The molecule has 1 rings (SSSR count). The molecule has 1 heterocycles. The molecule has 0 radical (unpaired) electrons. The van der Waals surface area contributed by atoms with E-state index in [-0.39, 0.29) is 12.4 Å². The second kappa shape index (κ2) is 7.10. The molecule has 1 aliphatic heterocycles. The maximum atomic E-state index is 11.3. The number of aliphatic hydroxyl groups is 1. The van der Waals surface area contributed by atoms with Crippen molar-refractivity contribution in [1.29, 1.82) is 0 Å². The van der Waals surface area contributed by atoms with Gasteiger partial charge >= 0.3 is 5.97 Å². The molecule has 0 aromatic rings. The second-order valence-electron chi connectivity index (χ2n) is 5.98. The summed E-state index contributed by atoms with van der Waals surface area (Å²) in [4.78, 5) is 13.5. The fourth-order valence-electron chi connectivity index (χ4n) is 2.44. The molecule has 1 saturated heterocycles. The number of esters is 1. The van der Waals surface area contributed by atoms with Gasteiger partial charge in [0.05, 0.1) is 19.1 Å². The van der Waals surface area contributed by atoms with Crippen molar-refractivity contribution < 1.29 is 14.6 Å². The predicted molar refractivity (Wildman–Crippen MR) is 71.3 cm³/mol. The van der Waals surface area contributed by atoms with Crippen LogP contribution in [0.5, 0.6) is 0 Å². The average Bonchev–Trinajstić information content (AvgIpc) is 2.40. The number of carbonyl (C=O) groups excluding carboxylic acids is 1. The van der Waals surface area contributed by atoms with Crippen LogP contribution >= 0.6 is 0 Å². The number of hydrogen-bond donors (Lipinski definition) is 1. The number of rotatable bonds is 5. The zero-order chi connectivity index (χ0) is 13.6. The van der Waals surface area contributed by atoms with Gasteiger partial charge in [0.15, 0.2) is 0 Å². The Labute approximate surface area is 110 Å². The summed E-state index contributed by atoms with van der Waals surface area (Å²) in [5.74, 6) is -0.305. The SMILES string of the molecule is CCOC(=O)CC(O)CN1CCCC(C)(C)CC1. The maximum Gasteiger partial charge on any atom is 0.308 e. The zero-order valence-electron chi connectivity index (χ0n) is 11.9. The highest BCUT2D eigenvalue weighted by molar-refractivity contribution is 5.69. The molecule has 1 unspecified atom stereocenters. The van der Waals surface area contributed by atoms with E-state index in [9.17, 15) is 9.90 Å². The van der Waals surface area contributed by atoms with E-state index in [0.29, 0.717) is 18.6 Å². The summed E-state index contributed by atoms with van der Waals surface area (Å²) in [6, 6.07) is 0. The number of hydrogen-bond acceptors (Lipinski definition) is 4. The third-order valence-corrected chi connectivity index (χ3v) is 3.61. The van der Waals surface area contributed by atoms with E-state index < -0.39 is 6.10 Å². The number of nitrogens with zero attached hydrogens (tertiary/aromatic N) is 1. The van der Waals surface area contributed by atoms with E-state index in [1.807, 2.05) is 0 Å². The number of likely N-dealkylation sites (tertiary alicyclic amines) is 1. The summed E-state index contributed by atoms with van der Waals surface area (Å²) in [6.07, 6.45) is 3.05. The minimum absolute atomic E-state index is 0.105. The molecule has 4 heteroatoms. The normalized spacial score (nSPS) is 22.2. The first kappa shape index (κ1) is 15.4. The summed E-state index contributed by atoms with van der Waals surface area (Å²) in [5, 5.41) is 9.88. The minimum Gasteiger partial charge on any atom is -0.466 e. The largest absolute Gasteiger partial charge is 0.466 e. The van der Waals surface area contributed by atoms with Crippen LogP contribution in [0.3, 0.4) is 0 Å². The summed E-state index contributed by atoms with van der Waals surface area (Å²) in [5.41, 5.74) is 0.404. The Hall–Kier alpha value is -0.610. The molecule has 1 aliphatic rings. The molecule has 0 aliphatic carbocycles. The highest BCUT2D eigenvalue weighted by atomic mass is 16.5. The van der Waals surface area contributed by atoms with E-state index in [1.54, 1.807) is 6.92 Å². The summed E-state index contributed by atoms with van der Waals surface area (Å²) >= 11 is 0. The van der Waals surface area contributed by atoms with Crippen LogP contribution in [0.4, 0.5) is 0 Å². The molecule has 1 N–H and O–H groups in total. The number of aliphatic hydroxyl groups excluding tert-OH is 1. The van der Waals surface area contributed by atoms with Gasteiger partial charge in [-0.05, 0) is 44.7 Å². The molecule has 1 atom stereocenters. The lowest BCUT2D eigenvalue weighted by Gasteiger charge is -2.24. The van der Waals surface area contributed by atoms with Gasteiger partial charge in [0.2, 0.25) is 0 Å². The van der Waals surface area contributed by atoms with Crippen LogP contribution in [0.25, 0.3) is 0 Å². The fraction of sp³-hybridized carbons (Fsp3) is 0.929. The lowest BCUT2D eigenvalue weighted by Crippen LogP contribution is -2.35. The van der Waals surface area contributed by atoms with E-state index in [4.69, 9.17) is 4.74 Å². The van der Waals surface area contributed by atoms with Crippen molar-refractivity contribution in [2.75, 3.05) is 26.2 Å². The Balaban J connectivity index is 2.31.